The molecule has 0 fully saturated rings. The molecule has 0 aromatic heterocycles. The van der Waals surface area contributed by atoms with E-state index < -0.39 is 0 Å². The van der Waals surface area contributed by atoms with Crippen molar-refractivity contribution in [3.8, 4) is 0 Å². The number of thioether (sulfide) groups is 1. The van der Waals surface area contributed by atoms with Crippen molar-refractivity contribution in [1.29, 1.82) is 0 Å². The van der Waals surface area contributed by atoms with Crippen molar-refractivity contribution in [3.05, 3.63) is 60.2 Å². The van der Waals surface area contributed by atoms with E-state index in [-0.39, 0.29) is 11.2 Å². The highest BCUT2D eigenvalue weighted by Crippen LogP contribution is 2.41. The molecule has 0 bridgehead atoms. The molecule has 1 heterocycles. The fourth-order valence-electron chi connectivity index (χ4n) is 2.71. The van der Waals surface area contributed by atoms with E-state index >= 15 is 0 Å². The average Bonchev–Trinajstić information content (AvgIpc) is 2.59. The van der Waals surface area contributed by atoms with Crippen LogP contribution in [0.1, 0.15) is 18.9 Å². The van der Waals surface area contributed by atoms with Gasteiger partial charge in [0.2, 0.25) is 0 Å². The molecule has 0 saturated heterocycles. The van der Waals surface area contributed by atoms with Gasteiger partial charge < -0.3 is 9.64 Å². The predicted octanol–water partition coefficient (Wildman–Crippen LogP) is 4.45. The minimum Gasteiger partial charge on any atom is -0.466 e. The zero-order valence-electron chi connectivity index (χ0n) is 13.5. The molecule has 0 amide bonds. The van der Waals surface area contributed by atoms with E-state index in [1.165, 1.54) is 5.56 Å². The zero-order chi connectivity index (χ0) is 16.9. The van der Waals surface area contributed by atoms with Crippen molar-refractivity contribution >= 4 is 40.6 Å². The molecule has 0 radical (unpaired) electrons. The topological polar surface area (TPSA) is 29.5 Å². The Bertz CT molecular complexity index is 733. The van der Waals surface area contributed by atoms with Crippen LogP contribution in [0, 0.1) is 0 Å². The van der Waals surface area contributed by atoms with E-state index in [4.69, 9.17) is 17.0 Å². The third kappa shape index (κ3) is 3.79. The van der Waals surface area contributed by atoms with Crippen LogP contribution in [0.2, 0.25) is 0 Å². The second-order valence-electron chi connectivity index (χ2n) is 5.49. The molecule has 2 aromatic rings. The molecule has 124 valence electrons. The van der Waals surface area contributed by atoms with Gasteiger partial charge in [-0.2, -0.15) is 0 Å². The van der Waals surface area contributed by atoms with E-state index in [0.29, 0.717) is 19.6 Å². The Balaban J connectivity index is 1.87. The van der Waals surface area contributed by atoms with Crippen LogP contribution in [0.5, 0.6) is 0 Å². The summed E-state index contributed by atoms with van der Waals surface area (Å²) in [6.45, 7) is 2.92. The van der Waals surface area contributed by atoms with Crippen LogP contribution in [0.15, 0.2) is 59.5 Å². The number of nitrogens with zero attached hydrogens (tertiary/aromatic N) is 1. The Hall–Kier alpha value is -1.85. The lowest BCUT2D eigenvalue weighted by molar-refractivity contribution is -0.142. The van der Waals surface area contributed by atoms with Crippen molar-refractivity contribution in [2.45, 2.75) is 30.0 Å². The number of carbonyl (C=O) groups is 1. The van der Waals surface area contributed by atoms with E-state index in [0.717, 1.165) is 15.6 Å². The molecule has 0 spiro atoms. The number of rotatable bonds is 5. The van der Waals surface area contributed by atoms with Gasteiger partial charge in [-0.25, -0.2) is 0 Å². The minimum atomic E-state index is -0.198. The number of fused-ring (bicyclic) bond motifs is 1. The summed E-state index contributed by atoms with van der Waals surface area (Å²) in [5.74, 6) is -0.198. The van der Waals surface area contributed by atoms with Crippen molar-refractivity contribution in [2.75, 3.05) is 11.5 Å². The van der Waals surface area contributed by atoms with Crippen LogP contribution in [0.3, 0.4) is 0 Å². The molecule has 1 atom stereocenters. The summed E-state index contributed by atoms with van der Waals surface area (Å²) in [7, 11) is 0. The molecule has 1 aliphatic heterocycles. The first-order valence-electron chi connectivity index (χ1n) is 7.95. The number of carbonyl (C=O) groups excluding carboxylic acids is 1. The standard InChI is InChI=1S/C19H19NO2S2/c1-2-22-18(21)12-17-19(23)20(13-14-8-4-3-5-9-14)15-10-6-7-11-16(15)24-17/h3-11,17H,2,12-13H2,1H3. The lowest BCUT2D eigenvalue weighted by atomic mass is 10.1. The van der Waals surface area contributed by atoms with Crippen LogP contribution in [0.4, 0.5) is 5.69 Å². The predicted molar refractivity (Wildman–Crippen MR) is 103 cm³/mol. The summed E-state index contributed by atoms with van der Waals surface area (Å²) in [4.78, 5) is 16.0. The molecular weight excluding hydrogens is 338 g/mol. The molecule has 1 unspecified atom stereocenters. The molecule has 1 aliphatic rings. The summed E-state index contributed by atoms with van der Waals surface area (Å²) in [6.07, 6.45) is 0.303. The van der Waals surface area contributed by atoms with Crippen LogP contribution in [-0.2, 0) is 16.1 Å². The maximum atomic E-state index is 11.9. The first kappa shape index (κ1) is 17.0. The molecule has 3 rings (SSSR count). The number of esters is 1. The van der Waals surface area contributed by atoms with Crippen molar-refractivity contribution in [2.24, 2.45) is 0 Å². The molecule has 2 aromatic carbocycles. The first-order chi connectivity index (χ1) is 11.7. The summed E-state index contributed by atoms with van der Waals surface area (Å²) >= 11 is 7.37. The Kier molecular flexibility index (Phi) is 5.53. The maximum absolute atomic E-state index is 11.9. The average molecular weight is 358 g/mol. The van der Waals surface area contributed by atoms with Gasteiger partial charge in [0.25, 0.3) is 0 Å². The second kappa shape index (κ2) is 7.81. The van der Waals surface area contributed by atoms with Gasteiger partial charge in [-0.05, 0) is 24.6 Å². The molecule has 3 nitrogen and oxygen atoms in total. The van der Waals surface area contributed by atoms with Crippen LogP contribution in [0.25, 0.3) is 0 Å². The van der Waals surface area contributed by atoms with Crippen molar-refractivity contribution in [1.82, 2.24) is 0 Å². The van der Waals surface area contributed by atoms with Crippen molar-refractivity contribution in [3.63, 3.8) is 0 Å². The number of ether oxygens (including phenoxy) is 1. The number of hydrogen-bond donors (Lipinski definition) is 0. The van der Waals surface area contributed by atoms with Crippen LogP contribution in [-0.4, -0.2) is 22.8 Å². The van der Waals surface area contributed by atoms with Crippen LogP contribution < -0.4 is 4.90 Å². The lowest BCUT2D eigenvalue weighted by Gasteiger charge is -2.36. The molecule has 0 N–H and O–H groups in total. The molecule has 5 heteroatoms. The monoisotopic (exact) mass is 357 g/mol. The highest BCUT2D eigenvalue weighted by molar-refractivity contribution is 8.02. The number of thiocarbonyl (C=S) groups is 1. The van der Waals surface area contributed by atoms with Crippen LogP contribution >= 0.6 is 24.0 Å². The van der Waals surface area contributed by atoms with Gasteiger partial charge in [-0.3, -0.25) is 4.79 Å². The molecule has 24 heavy (non-hydrogen) atoms. The summed E-state index contributed by atoms with van der Waals surface area (Å²) in [5, 5.41) is -0.0716. The first-order valence-corrected chi connectivity index (χ1v) is 9.24. The minimum absolute atomic E-state index is 0.0716. The zero-order valence-corrected chi connectivity index (χ0v) is 15.1. The number of para-hydroxylation sites is 1. The van der Waals surface area contributed by atoms with Crippen molar-refractivity contribution < 1.29 is 9.53 Å². The molecule has 0 saturated carbocycles. The van der Waals surface area contributed by atoms with Gasteiger partial charge in [-0.1, -0.05) is 54.7 Å². The number of hydrogen-bond acceptors (Lipinski definition) is 4. The van der Waals surface area contributed by atoms with Gasteiger partial charge >= 0.3 is 5.97 Å². The van der Waals surface area contributed by atoms with Gasteiger partial charge in [0.1, 0.15) is 0 Å². The van der Waals surface area contributed by atoms with E-state index in [1.807, 2.05) is 37.3 Å². The van der Waals surface area contributed by atoms with E-state index in [9.17, 15) is 4.79 Å². The Morgan fingerprint density at radius 3 is 2.62 bits per heavy atom. The third-order valence-corrected chi connectivity index (χ3v) is 5.74. The highest BCUT2D eigenvalue weighted by atomic mass is 32.2. The SMILES string of the molecule is CCOC(=O)CC1Sc2ccccc2N(Cc2ccccc2)C1=S. The summed E-state index contributed by atoms with van der Waals surface area (Å²) in [6, 6.07) is 18.4. The third-order valence-electron chi connectivity index (χ3n) is 3.81. The highest BCUT2D eigenvalue weighted by Gasteiger charge is 2.32. The molecular formula is C19H19NO2S2. The number of anilines is 1. The Morgan fingerprint density at radius 2 is 1.88 bits per heavy atom. The molecule has 0 aliphatic carbocycles. The van der Waals surface area contributed by atoms with Gasteiger partial charge in [0.05, 0.1) is 29.0 Å². The number of benzene rings is 2. The maximum Gasteiger partial charge on any atom is 0.307 e. The normalized spacial score (nSPS) is 16.6. The van der Waals surface area contributed by atoms with Gasteiger partial charge in [-0.15, -0.1) is 11.8 Å². The van der Waals surface area contributed by atoms with E-state index in [1.54, 1.807) is 11.8 Å². The van der Waals surface area contributed by atoms with Gasteiger partial charge in [0, 0.05) is 11.4 Å². The smallest absolute Gasteiger partial charge is 0.307 e. The summed E-state index contributed by atoms with van der Waals surface area (Å²) in [5.41, 5.74) is 2.30. The Morgan fingerprint density at radius 1 is 1.17 bits per heavy atom. The quantitative estimate of drug-likeness (QED) is 0.583. The second-order valence-corrected chi connectivity index (χ2v) is 7.16. The Labute approximate surface area is 152 Å². The largest absolute Gasteiger partial charge is 0.466 e. The lowest BCUT2D eigenvalue weighted by Crippen LogP contribution is -2.40. The fraction of sp³-hybridized carbons (Fsp3) is 0.263. The fourth-order valence-corrected chi connectivity index (χ4v) is 4.31. The summed E-state index contributed by atoms with van der Waals surface area (Å²) < 4.78 is 5.10. The van der Waals surface area contributed by atoms with E-state index in [2.05, 4.69) is 29.2 Å². The van der Waals surface area contributed by atoms with Gasteiger partial charge in [0.15, 0.2) is 0 Å².